The lowest BCUT2D eigenvalue weighted by Crippen LogP contribution is -2.29. The summed E-state index contributed by atoms with van der Waals surface area (Å²) >= 11 is 0. The van der Waals surface area contributed by atoms with Crippen LogP contribution in [0.15, 0.2) is 103 Å². The fraction of sp³-hybridized carbons (Fsp3) is 0. The lowest BCUT2D eigenvalue weighted by molar-refractivity contribution is -0.384. The Labute approximate surface area is 211 Å². The van der Waals surface area contributed by atoms with Gasteiger partial charge in [0.05, 0.1) is 27.8 Å². The largest absolute Gasteiger partial charge is 0.457 e. The second kappa shape index (κ2) is 9.71. The molecule has 180 valence electrons. The highest BCUT2D eigenvalue weighted by atomic mass is 16.6. The number of nitro groups is 1. The first-order valence-corrected chi connectivity index (χ1v) is 11.2. The van der Waals surface area contributed by atoms with Crippen LogP contribution in [-0.2, 0) is 0 Å². The molecule has 0 atom stereocenters. The molecule has 0 spiro atoms. The van der Waals surface area contributed by atoms with Gasteiger partial charge < -0.3 is 4.74 Å². The van der Waals surface area contributed by atoms with E-state index in [9.17, 15) is 24.5 Å². The van der Waals surface area contributed by atoms with Crippen molar-refractivity contribution in [3.8, 4) is 11.5 Å². The van der Waals surface area contributed by atoms with Crippen LogP contribution in [-0.4, -0.2) is 22.5 Å². The summed E-state index contributed by atoms with van der Waals surface area (Å²) in [6.45, 7) is 0. The van der Waals surface area contributed by atoms with Crippen molar-refractivity contribution in [3.63, 3.8) is 0 Å². The van der Waals surface area contributed by atoms with E-state index < -0.39 is 16.7 Å². The Morgan fingerprint density at radius 2 is 1.49 bits per heavy atom. The number of imide groups is 1. The maximum Gasteiger partial charge on any atom is 0.273 e. The van der Waals surface area contributed by atoms with Crippen LogP contribution < -0.4 is 9.64 Å². The molecule has 4 aromatic rings. The molecule has 8 heteroatoms. The molecule has 0 aromatic heterocycles. The molecule has 0 saturated heterocycles. The Kier molecular flexibility index (Phi) is 6.13. The van der Waals surface area contributed by atoms with E-state index in [4.69, 9.17) is 4.74 Å². The standard InChI is InChI=1S/C29H18N2O6/c32-27(20-5-2-1-3-6-20)16-11-19-9-12-21(13-10-19)30-28(33)25-15-14-24(18-26(25)29(30)34)37-23-8-4-7-22(17-23)31(35)36/h1-18H/b16-11+. The van der Waals surface area contributed by atoms with Crippen LogP contribution >= 0.6 is 0 Å². The number of amides is 2. The van der Waals surface area contributed by atoms with Crippen LogP contribution in [0.2, 0.25) is 0 Å². The van der Waals surface area contributed by atoms with E-state index in [1.54, 1.807) is 60.7 Å². The molecule has 5 rings (SSSR count). The van der Waals surface area contributed by atoms with Crippen molar-refractivity contribution in [2.45, 2.75) is 0 Å². The number of fused-ring (bicyclic) bond motifs is 1. The number of carbonyl (C=O) groups is 3. The molecule has 4 aromatic carbocycles. The van der Waals surface area contributed by atoms with E-state index in [0.29, 0.717) is 11.3 Å². The van der Waals surface area contributed by atoms with Crippen LogP contribution in [0.3, 0.4) is 0 Å². The molecule has 0 unspecified atom stereocenters. The highest BCUT2D eigenvalue weighted by Crippen LogP contribution is 2.33. The smallest absolute Gasteiger partial charge is 0.273 e. The Balaban J connectivity index is 1.33. The summed E-state index contributed by atoms with van der Waals surface area (Å²) in [5.74, 6) is -0.604. The predicted octanol–water partition coefficient (Wildman–Crippen LogP) is 6.08. The molecule has 1 aliphatic rings. The molecule has 0 N–H and O–H groups in total. The van der Waals surface area contributed by atoms with Gasteiger partial charge in [-0.05, 0) is 48.0 Å². The normalized spacial score (nSPS) is 12.6. The van der Waals surface area contributed by atoms with Crippen LogP contribution in [0, 0.1) is 10.1 Å². The van der Waals surface area contributed by atoms with Crippen molar-refractivity contribution < 1.29 is 24.0 Å². The second-order valence-corrected chi connectivity index (χ2v) is 8.16. The number of nitrogens with zero attached hydrogens (tertiary/aromatic N) is 2. The molecule has 0 fully saturated rings. The summed E-state index contributed by atoms with van der Waals surface area (Å²) in [5.41, 5.74) is 1.98. The monoisotopic (exact) mass is 490 g/mol. The van der Waals surface area contributed by atoms with E-state index in [1.807, 2.05) is 6.07 Å². The Bertz CT molecular complexity index is 1580. The summed E-state index contributed by atoms with van der Waals surface area (Å²) in [6.07, 6.45) is 3.13. The number of benzene rings is 4. The number of nitro benzene ring substituents is 1. The average Bonchev–Trinajstić information content (AvgIpc) is 3.17. The molecule has 8 nitrogen and oxygen atoms in total. The van der Waals surface area contributed by atoms with Crippen molar-refractivity contribution in [2.24, 2.45) is 0 Å². The number of ether oxygens (including phenoxy) is 1. The quantitative estimate of drug-likeness (QED) is 0.102. The Hall–Kier alpha value is -5.37. The summed E-state index contributed by atoms with van der Waals surface area (Å²) in [5, 5.41) is 11.0. The number of hydrogen-bond donors (Lipinski definition) is 0. The zero-order chi connectivity index (χ0) is 25.9. The summed E-state index contributed by atoms with van der Waals surface area (Å²) in [6, 6.07) is 25.7. The second-order valence-electron chi connectivity index (χ2n) is 8.16. The van der Waals surface area contributed by atoms with Crippen LogP contribution in [0.1, 0.15) is 36.6 Å². The number of rotatable bonds is 7. The van der Waals surface area contributed by atoms with Gasteiger partial charge in [-0.15, -0.1) is 0 Å². The van der Waals surface area contributed by atoms with E-state index in [0.717, 1.165) is 10.5 Å². The number of anilines is 1. The van der Waals surface area contributed by atoms with Crippen molar-refractivity contribution >= 4 is 35.0 Å². The van der Waals surface area contributed by atoms with Gasteiger partial charge in [-0.3, -0.25) is 24.5 Å². The minimum atomic E-state index is -0.530. The van der Waals surface area contributed by atoms with E-state index in [2.05, 4.69) is 0 Å². The third-order valence-electron chi connectivity index (χ3n) is 5.76. The van der Waals surface area contributed by atoms with Gasteiger partial charge in [-0.1, -0.05) is 54.6 Å². The first-order valence-electron chi connectivity index (χ1n) is 11.2. The van der Waals surface area contributed by atoms with Crippen LogP contribution in [0.4, 0.5) is 11.4 Å². The highest BCUT2D eigenvalue weighted by Gasteiger charge is 2.37. The zero-order valence-electron chi connectivity index (χ0n) is 19.2. The van der Waals surface area contributed by atoms with Gasteiger partial charge in [0.15, 0.2) is 5.78 Å². The molecular weight excluding hydrogens is 472 g/mol. The first kappa shape index (κ1) is 23.4. The first-order chi connectivity index (χ1) is 17.9. The molecule has 2 amide bonds. The number of ketones is 1. The fourth-order valence-electron chi connectivity index (χ4n) is 3.92. The number of non-ortho nitro benzene ring substituents is 1. The van der Waals surface area contributed by atoms with Gasteiger partial charge >= 0.3 is 0 Å². The Morgan fingerprint density at radius 1 is 0.784 bits per heavy atom. The maximum absolute atomic E-state index is 13.1. The minimum Gasteiger partial charge on any atom is -0.457 e. The van der Waals surface area contributed by atoms with Gasteiger partial charge in [-0.2, -0.15) is 0 Å². The topological polar surface area (TPSA) is 107 Å². The van der Waals surface area contributed by atoms with Crippen molar-refractivity contribution in [1.29, 1.82) is 0 Å². The van der Waals surface area contributed by atoms with Gasteiger partial charge in [0, 0.05) is 11.6 Å². The van der Waals surface area contributed by atoms with Crippen LogP contribution in [0.25, 0.3) is 6.08 Å². The molecule has 0 bridgehead atoms. The summed E-state index contributed by atoms with van der Waals surface area (Å²) in [7, 11) is 0. The minimum absolute atomic E-state index is 0.126. The van der Waals surface area contributed by atoms with Crippen molar-refractivity contribution in [2.75, 3.05) is 4.90 Å². The molecule has 1 heterocycles. The number of allylic oxidation sites excluding steroid dienone is 1. The molecule has 0 radical (unpaired) electrons. The SMILES string of the molecule is O=C(/C=C/c1ccc(N2C(=O)c3ccc(Oc4cccc([N+](=O)[O-])c4)cc3C2=O)cc1)c1ccccc1. The van der Waals surface area contributed by atoms with E-state index >= 15 is 0 Å². The van der Waals surface area contributed by atoms with E-state index in [1.165, 1.54) is 42.5 Å². The lowest BCUT2D eigenvalue weighted by Gasteiger charge is -2.13. The Morgan fingerprint density at radius 3 is 2.22 bits per heavy atom. The molecule has 1 aliphatic heterocycles. The zero-order valence-corrected chi connectivity index (χ0v) is 19.2. The molecular formula is C29H18N2O6. The van der Waals surface area contributed by atoms with Gasteiger partial charge in [0.25, 0.3) is 17.5 Å². The third kappa shape index (κ3) is 4.76. The highest BCUT2D eigenvalue weighted by molar-refractivity contribution is 6.34. The van der Waals surface area contributed by atoms with E-state index in [-0.39, 0.29) is 34.1 Å². The number of hydrogen-bond acceptors (Lipinski definition) is 6. The van der Waals surface area contributed by atoms with Crippen molar-refractivity contribution in [3.05, 3.63) is 136 Å². The van der Waals surface area contributed by atoms with Crippen LogP contribution in [0.5, 0.6) is 11.5 Å². The average molecular weight is 490 g/mol. The third-order valence-corrected chi connectivity index (χ3v) is 5.76. The predicted molar refractivity (Wildman–Crippen MR) is 137 cm³/mol. The lowest BCUT2D eigenvalue weighted by atomic mass is 10.1. The summed E-state index contributed by atoms with van der Waals surface area (Å²) in [4.78, 5) is 49.9. The van der Waals surface area contributed by atoms with Gasteiger partial charge in [-0.25, -0.2) is 4.90 Å². The number of carbonyl (C=O) groups excluding carboxylic acids is 3. The van der Waals surface area contributed by atoms with Gasteiger partial charge in [0.1, 0.15) is 11.5 Å². The van der Waals surface area contributed by atoms with Crippen molar-refractivity contribution in [1.82, 2.24) is 0 Å². The molecule has 0 saturated carbocycles. The van der Waals surface area contributed by atoms with Gasteiger partial charge in [0.2, 0.25) is 0 Å². The maximum atomic E-state index is 13.1. The molecule has 0 aliphatic carbocycles. The fourth-order valence-corrected chi connectivity index (χ4v) is 3.92. The molecule has 37 heavy (non-hydrogen) atoms. The summed E-state index contributed by atoms with van der Waals surface area (Å²) < 4.78 is 5.69.